The average molecular weight is 587 g/mol. The van der Waals surface area contributed by atoms with Crippen LogP contribution in [0.25, 0.3) is 6.08 Å². The zero-order chi connectivity index (χ0) is 30.9. The molecule has 0 aliphatic carbocycles. The Bertz CT molecular complexity index is 1600. The molecule has 12 heteroatoms. The van der Waals surface area contributed by atoms with Crippen LogP contribution in [0, 0.1) is 10.1 Å². The Kier molecular flexibility index (Phi) is 9.74. The van der Waals surface area contributed by atoms with Gasteiger partial charge in [-0.05, 0) is 54.8 Å². The van der Waals surface area contributed by atoms with Crippen molar-refractivity contribution in [2.24, 2.45) is 0 Å². The predicted octanol–water partition coefficient (Wildman–Crippen LogP) is 4.84. The van der Waals surface area contributed by atoms with Crippen molar-refractivity contribution in [3.63, 3.8) is 0 Å². The molecule has 1 aliphatic rings. The molecule has 1 heterocycles. The van der Waals surface area contributed by atoms with Gasteiger partial charge in [0.2, 0.25) is 5.91 Å². The van der Waals surface area contributed by atoms with Crippen LogP contribution >= 0.6 is 0 Å². The third-order valence-electron chi connectivity index (χ3n) is 6.28. The summed E-state index contributed by atoms with van der Waals surface area (Å²) >= 11 is 0. The molecular formula is C31H30N4O8. The Morgan fingerprint density at radius 1 is 1.09 bits per heavy atom. The Balaban J connectivity index is 1.55. The van der Waals surface area contributed by atoms with Crippen LogP contribution in [0.4, 0.5) is 16.2 Å². The van der Waals surface area contributed by atoms with Gasteiger partial charge in [-0.1, -0.05) is 30.3 Å². The number of ether oxygens (including phenoxy) is 3. The van der Waals surface area contributed by atoms with E-state index in [0.29, 0.717) is 52.7 Å². The zero-order valence-electron chi connectivity index (χ0n) is 23.6. The molecule has 0 bridgehead atoms. The standard InChI is InChI=1S/C31H30N4O8/c1-4-9-22-14-21(17-27(42-5-2)29(22)43-19-20-10-8-11-23(15-20)35(39)40)16-25-30(37)34(31(38)33-25)18-28(36)32-24-12-6-7-13-26(24)41-3/h4,6-8,10-17H,1,5,9,18-19H2,2-3H3,(H,32,36)(H,33,38)/b25-16+. The van der Waals surface area contributed by atoms with E-state index >= 15 is 0 Å². The highest BCUT2D eigenvalue weighted by molar-refractivity contribution is 6.16. The minimum Gasteiger partial charge on any atom is -0.495 e. The van der Waals surface area contributed by atoms with E-state index in [1.807, 2.05) is 0 Å². The van der Waals surface area contributed by atoms with Gasteiger partial charge in [-0.15, -0.1) is 6.58 Å². The second-order valence-corrected chi connectivity index (χ2v) is 9.28. The monoisotopic (exact) mass is 586 g/mol. The fraction of sp³-hybridized carbons (Fsp3) is 0.194. The van der Waals surface area contributed by atoms with Crippen molar-refractivity contribution in [3.05, 3.63) is 106 Å². The molecule has 0 unspecified atom stereocenters. The van der Waals surface area contributed by atoms with Crippen LogP contribution in [0.3, 0.4) is 0 Å². The Hall–Kier alpha value is -5.65. The molecule has 0 radical (unpaired) electrons. The zero-order valence-corrected chi connectivity index (χ0v) is 23.6. The molecule has 0 saturated carbocycles. The molecule has 43 heavy (non-hydrogen) atoms. The highest BCUT2D eigenvalue weighted by Crippen LogP contribution is 2.36. The van der Waals surface area contributed by atoms with Crippen molar-refractivity contribution in [2.75, 3.05) is 25.6 Å². The second kappa shape index (κ2) is 13.8. The predicted molar refractivity (Wildman–Crippen MR) is 159 cm³/mol. The maximum absolute atomic E-state index is 13.1. The van der Waals surface area contributed by atoms with Gasteiger partial charge in [0.25, 0.3) is 11.6 Å². The van der Waals surface area contributed by atoms with Crippen LogP contribution in [0.2, 0.25) is 0 Å². The molecule has 0 atom stereocenters. The van der Waals surface area contributed by atoms with Crippen molar-refractivity contribution >= 4 is 35.3 Å². The van der Waals surface area contributed by atoms with Gasteiger partial charge in [0.15, 0.2) is 11.5 Å². The maximum Gasteiger partial charge on any atom is 0.329 e. The van der Waals surface area contributed by atoms with Crippen LogP contribution in [-0.2, 0) is 22.6 Å². The number of carbonyl (C=O) groups is 3. The van der Waals surface area contributed by atoms with Gasteiger partial charge >= 0.3 is 6.03 Å². The summed E-state index contributed by atoms with van der Waals surface area (Å²) in [6.07, 6.45) is 3.54. The van der Waals surface area contributed by atoms with Crippen LogP contribution in [0.15, 0.2) is 79.0 Å². The summed E-state index contributed by atoms with van der Waals surface area (Å²) in [6, 6.07) is 15.6. The van der Waals surface area contributed by atoms with Gasteiger partial charge in [0.1, 0.15) is 24.6 Å². The van der Waals surface area contributed by atoms with E-state index in [1.54, 1.807) is 61.5 Å². The van der Waals surface area contributed by atoms with E-state index in [9.17, 15) is 24.5 Å². The summed E-state index contributed by atoms with van der Waals surface area (Å²) in [7, 11) is 1.47. The van der Waals surface area contributed by atoms with Gasteiger partial charge in [0, 0.05) is 17.7 Å². The Labute approximate surface area is 247 Å². The number of methoxy groups -OCH3 is 1. The van der Waals surface area contributed by atoms with Crippen molar-refractivity contribution in [1.82, 2.24) is 10.2 Å². The number of non-ortho nitro benzene ring substituents is 1. The van der Waals surface area contributed by atoms with E-state index in [4.69, 9.17) is 14.2 Å². The number of amides is 4. The van der Waals surface area contributed by atoms with Gasteiger partial charge in [-0.25, -0.2) is 9.69 Å². The fourth-order valence-corrected chi connectivity index (χ4v) is 4.38. The minimum atomic E-state index is -0.736. The molecule has 1 aliphatic heterocycles. The van der Waals surface area contributed by atoms with Crippen LogP contribution in [0.5, 0.6) is 17.2 Å². The van der Waals surface area contributed by atoms with Crippen molar-refractivity contribution in [3.8, 4) is 17.2 Å². The summed E-state index contributed by atoms with van der Waals surface area (Å²) in [5.41, 5.74) is 2.15. The summed E-state index contributed by atoms with van der Waals surface area (Å²) in [5.74, 6) is -0.0110. The Morgan fingerprint density at radius 2 is 1.88 bits per heavy atom. The lowest BCUT2D eigenvalue weighted by molar-refractivity contribution is -0.384. The molecule has 1 saturated heterocycles. The number of anilines is 1. The smallest absolute Gasteiger partial charge is 0.329 e. The number of imide groups is 1. The molecule has 3 aromatic rings. The number of benzene rings is 3. The van der Waals surface area contributed by atoms with Gasteiger partial charge in [-0.2, -0.15) is 0 Å². The van der Waals surface area contributed by atoms with E-state index in [1.165, 1.54) is 25.3 Å². The largest absolute Gasteiger partial charge is 0.495 e. The molecule has 0 aromatic heterocycles. The highest BCUT2D eigenvalue weighted by atomic mass is 16.6. The number of para-hydroxylation sites is 2. The van der Waals surface area contributed by atoms with Crippen molar-refractivity contribution in [1.29, 1.82) is 0 Å². The molecule has 4 amide bonds. The molecule has 2 N–H and O–H groups in total. The van der Waals surface area contributed by atoms with Gasteiger partial charge < -0.3 is 24.8 Å². The first-order chi connectivity index (χ1) is 20.7. The number of hydrogen-bond acceptors (Lipinski definition) is 8. The quantitative estimate of drug-likeness (QED) is 0.0950. The fourth-order valence-electron chi connectivity index (χ4n) is 4.38. The number of urea groups is 1. The van der Waals surface area contributed by atoms with Crippen LogP contribution in [0.1, 0.15) is 23.6 Å². The Morgan fingerprint density at radius 3 is 2.60 bits per heavy atom. The highest BCUT2D eigenvalue weighted by Gasteiger charge is 2.35. The molecule has 4 rings (SSSR count). The molecule has 12 nitrogen and oxygen atoms in total. The number of nitro benzene ring substituents is 1. The van der Waals surface area contributed by atoms with Gasteiger partial charge in [-0.3, -0.25) is 19.7 Å². The van der Waals surface area contributed by atoms with E-state index < -0.39 is 29.3 Å². The molecule has 222 valence electrons. The lowest BCUT2D eigenvalue weighted by Gasteiger charge is -2.17. The second-order valence-electron chi connectivity index (χ2n) is 9.28. The van der Waals surface area contributed by atoms with Crippen LogP contribution in [-0.4, -0.2) is 47.9 Å². The number of hydrogen-bond donors (Lipinski definition) is 2. The van der Waals surface area contributed by atoms with Gasteiger partial charge in [0.05, 0.1) is 24.3 Å². The number of nitrogens with zero attached hydrogens (tertiary/aromatic N) is 2. The third-order valence-corrected chi connectivity index (χ3v) is 6.28. The first kappa shape index (κ1) is 30.3. The third kappa shape index (κ3) is 7.36. The number of rotatable bonds is 13. The molecular weight excluding hydrogens is 556 g/mol. The summed E-state index contributed by atoms with van der Waals surface area (Å²) in [6.45, 7) is 5.46. The van der Waals surface area contributed by atoms with E-state index in [-0.39, 0.29) is 18.0 Å². The van der Waals surface area contributed by atoms with Crippen molar-refractivity contribution < 1.29 is 33.5 Å². The SMILES string of the molecule is C=CCc1cc(/C=C2/NC(=O)N(CC(=O)Nc3ccccc3OC)C2=O)cc(OCC)c1OCc1cccc([N+](=O)[O-])c1. The molecule has 3 aromatic carbocycles. The molecule has 1 fully saturated rings. The first-order valence-corrected chi connectivity index (χ1v) is 13.3. The maximum atomic E-state index is 13.1. The topological polar surface area (TPSA) is 149 Å². The van der Waals surface area contributed by atoms with E-state index in [0.717, 1.165) is 4.90 Å². The van der Waals surface area contributed by atoms with Crippen LogP contribution < -0.4 is 24.8 Å². The minimum absolute atomic E-state index is 0.0210. The summed E-state index contributed by atoms with van der Waals surface area (Å²) in [5, 5.41) is 16.3. The average Bonchev–Trinajstić information content (AvgIpc) is 3.24. The summed E-state index contributed by atoms with van der Waals surface area (Å²) < 4.78 is 17.1. The summed E-state index contributed by atoms with van der Waals surface area (Å²) in [4.78, 5) is 49.9. The van der Waals surface area contributed by atoms with Crippen molar-refractivity contribution in [2.45, 2.75) is 20.0 Å². The lowest BCUT2D eigenvalue weighted by Crippen LogP contribution is -2.38. The lowest BCUT2D eigenvalue weighted by atomic mass is 10.0. The molecule has 0 spiro atoms. The normalized spacial score (nSPS) is 13.4. The number of carbonyl (C=O) groups excluding carboxylic acids is 3. The van der Waals surface area contributed by atoms with E-state index in [2.05, 4.69) is 17.2 Å². The number of nitro groups is 1. The number of allylic oxidation sites excluding steroid dienone is 1. The first-order valence-electron chi connectivity index (χ1n) is 13.3. The number of nitrogens with one attached hydrogen (secondary N) is 2.